The van der Waals surface area contributed by atoms with E-state index in [0.29, 0.717) is 40.2 Å². The van der Waals surface area contributed by atoms with Crippen molar-refractivity contribution in [2.75, 3.05) is 13.2 Å². The number of carbonyl (C=O) groups is 1. The Hall–Kier alpha value is -4.91. The molecule has 6 rings (SSSR count). The van der Waals surface area contributed by atoms with Crippen LogP contribution in [0.15, 0.2) is 91.1 Å². The first kappa shape index (κ1) is 37.8. The number of allylic oxidation sites excluding steroid dienone is 7. The molecule has 3 aromatic rings. The fourth-order valence-electron chi connectivity index (χ4n) is 6.55. The van der Waals surface area contributed by atoms with E-state index in [1.54, 1.807) is 6.92 Å². The van der Waals surface area contributed by atoms with Crippen LogP contribution in [0, 0.1) is 11.7 Å². The Kier molecular flexibility index (Phi) is 10.3. The second-order valence-corrected chi connectivity index (χ2v) is 13.9. The second-order valence-electron chi connectivity index (χ2n) is 13.9. The minimum Gasteiger partial charge on any atom is -0.490 e. The quantitative estimate of drug-likeness (QED) is 0.143. The Morgan fingerprint density at radius 3 is 2.42 bits per heavy atom. The highest BCUT2D eigenvalue weighted by Gasteiger charge is 2.54. The molecule has 13 heteroatoms. The van der Waals surface area contributed by atoms with Gasteiger partial charge in [-0.15, -0.1) is 0 Å². The SMILES string of the molecule is C=C/C=C(/C=C\C=C(/C)c1cc(C(=O)NCC(c2cc3c(c(-c4ccc(F)cc4)n2)OC[C@]3(C)C2CC2N)C(F)(F)F)ccc1OC1CC1)C(F)(F)F. The Morgan fingerprint density at radius 1 is 1.11 bits per heavy atom. The molecule has 3 N–H and O–H groups in total. The van der Waals surface area contributed by atoms with Gasteiger partial charge in [0.25, 0.3) is 5.91 Å². The van der Waals surface area contributed by atoms with Crippen LogP contribution in [0.4, 0.5) is 30.7 Å². The molecule has 0 radical (unpaired) electrons. The standard InChI is InChI=1S/C40H38F7N3O3/c1-4-6-25(39(42,43)44)8-5-7-22(2)28-17-24(11-16-34(28)53-27-14-15-27)37(51)49-20-31(40(45,46)47)33-19-30-36(52-21-38(30,3)29-18-32(29)48)35(50-33)23-9-12-26(41)13-10-23/h4-13,16-17,19,27,29,31-32H,1,14-15,18,20-21,48H2,2-3H3,(H,49,51)/b8-5-,22-7+,25-6-/t29?,31?,32?,38-/m1/s1. The minimum atomic E-state index is -4.84. The smallest absolute Gasteiger partial charge is 0.416 e. The number of alkyl halides is 6. The summed E-state index contributed by atoms with van der Waals surface area (Å²) in [4.78, 5) is 17.9. The number of ether oxygens (including phenoxy) is 2. The van der Waals surface area contributed by atoms with Crippen molar-refractivity contribution >= 4 is 11.5 Å². The highest BCUT2D eigenvalue weighted by atomic mass is 19.4. The molecular formula is C40H38F7N3O3. The molecule has 280 valence electrons. The van der Waals surface area contributed by atoms with Crippen molar-refractivity contribution in [1.29, 1.82) is 0 Å². The van der Waals surface area contributed by atoms with Crippen LogP contribution in [0.2, 0.25) is 0 Å². The van der Waals surface area contributed by atoms with Crippen LogP contribution >= 0.6 is 0 Å². The zero-order valence-electron chi connectivity index (χ0n) is 29.0. The molecule has 2 fully saturated rings. The summed E-state index contributed by atoms with van der Waals surface area (Å²) in [6.07, 6.45) is -1.84. The number of fused-ring (bicyclic) bond motifs is 1. The molecule has 0 spiro atoms. The maximum Gasteiger partial charge on any atom is 0.416 e. The van der Waals surface area contributed by atoms with E-state index in [1.165, 1.54) is 60.7 Å². The first-order valence-corrected chi connectivity index (χ1v) is 17.1. The first-order chi connectivity index (χ1) is 25.0. The van der Waals surface area contributed by atoms with Crippen molar-refractivity contribution in [3.05, 3.63) is 119 Å². The number of amides is 1. The number of benzene rings is 2. The lowest BCUT2D eigenvalue weighted by molar-refractivity contribution is -0.149. The third-order valence-corrected chi connectivity index (χ3v) is 9.85. The maximum atomic E-state index is 14.9. The van der Waals surface area contributed by atoms with E-state index < -0.39 is 47.5 Å². The summed E-state index contributed by atoms with van der Waals surface area (Å²) in [5.41, 5.74) is 6.12. The van der Waals surface area contributed by atoms with Crippen LogP contribution < -0.4 is 20.5 Å². The van der Waals surface area contributed by atoms with Gasteiger partial charge in [0.05, 0.1) is 24.0 Å². The fourth-order valence-corrected chi connectivity index (χ4v) is 6.55. The lowest BCUT2D eigenvalue weighted by Gasteiger charge is -2.26. The summed E-state index contributed by atoms with van der Waals surface area (Å²) in [5, 5.41) is 2.41. The van der Waals surface area contributed by atoms with Gasteiger partial charge in [0.1, 0.15) is 28.9 Å². The van der Waals surface area contributed by atoms with Crippen LogP contribution in [0.5, 0.6) is 11.5 Å². The molecule has 0 bridgehead atoms. The number of rotatable bonds is 12. The number of pyridine rings is 1. The molecule has 6 nitrogen and oxygen atoms in total. The Balaban J connectivity index is 1.30. The molecule has 4 atom stereocenters. The zero-order chi connectivity index (χ0) is 38.3. The molecule has 3 unspecified atom stereocenters. The van der Waals surface area contributed by atoms with Gasteiger partial charge in [-0.3, -0.25) is 4.79 Å². The van der Waals surface area contributed by atoms with E-state index in [0.717, 1.165) is 31.1 Å². The zero-order valence-corrected chi connectivity index (χ0v) is 29.0. The topological polar surface area (TPSA) is 86.5 Å². The molecule has 2 heterocycles. The molecule has 0 saturated heterocycles. The lowest BCUT2D eigenvalue weighted by atomic mass is 9.78. The van der Waals surface area contributed by atoms with E-state index in [4.69, 9.17) is 15.2 Å². The number of hydrogen-bond acceptors (Lipinski definition) is 5. The monoisotopic (exact) mass is 741 g/mol. The number of hydrogen-bond donors (Lipinski definition) is 2. The summed E-state index contributed by atoms with van der Waals surface area (Å²) >= 11 is 0. The Morgan fingerprint density at radius 2 is 1.81 bits per heavy atom. The van der Waals surface area contributed by atoms with E-state index in [9.17, 15) is 35.5 Å². The Labute approximate surface area is 302 Å². The molecule has 2 aromatic carbocycles. The van der Waals surface area contributed by atoms with Crippen LogP contribution in [-0.4, -0.2) is 48.5 Å². The largest absolute Gasteiger partial charge is 0.490 e. The van der Waals surface area contributed by atoms with Crippen molar-refractivity contribution in [2.24, 2.45) is 11.7 Å². The van der Waals surface area contributed by atoms with Crippen LogP contribution in [0.1, 0.15) is 66.2 Å². The fraction of sp³-hybridized carbons (Fsp3) is 0.350. The highest BCUT2D eigenvalue weighted by molar-refractivity contribution is 5.95. The summed E-state index contributed by atoms with van der Waals surface area (Å²) in [6.45, 7) is 6.16. The third kappa shape index (κ3) is 8.35. The minimum absolute atomic E-state index is 0.0148. The van der Waals surface area contributed by atoms with Crippen LogP contribution in [-0.2, 0) is 5.41 Å². The normalized spacial score (nSPS) is 22.3. The van der Waals surface area contributed by atoms with Crippen LogP contribution in [0.25, 0.3) is 16.8 Å². The number of halogens is 7. The molecule has 1 amide bonds. The second kappa shape index (κ2) is 14.5. The Bertz CT molecular complexity index is 1980. The number of carbonyl (C=O) groups excluding carboxylic acids is 1. The number of aromatic nitrogens is 1. The molecule has 2 aliphatic carbocycles. The van der Waals surface area contributed by atoms with E-state index in [2.05, 4.69) is 16.9 Å². The van der Waals surface area contributed by atoms with E-state index >= 15 is 0 Å². The first-order valence-electron chi connectivity index (χ1n) is 17.1. The predicted octanol–water partition coefficient (Wildman–Crippen LogP) is 9.14. The van der Waals surface area contributed by atoms with Gasteiger partial charge in [-0.1, -0.05) is 43.9 Å². The summed E-state index contributed by atoms with van der Waals surface area (Å²) in [6, 6.07) is 10.8. The summed E-state index contributed by atoms with van der Waals surface area (Å²) in [5.74, 6) is -2.89. The number of nitrogens with two attached hydrogens (primary N) is 1. The molecule has 1 aromatic heterocycles. The highest BCUT2D eigenvalue weighted by Crippen LogP contribution is 2.55. The van der Waals surface area contributed by atoms with Gasteiger partial charge >= 0.3 is 12.4 Å². The van der Waals surface area contributed by atoms with Gasteiger partial charge in [0, 0.05) is 40.3 Å². The molecule has 1 aliphatic heterocycles. The van der Waals surface area contributed by atoms with Crippen molar-refractivity contribution in [1.82, 2.24) is 10.3 Å². The van der Waals surface area contributed by atoms with Gasteiger partial charge in [0.2, 0.25) is 0 Å². The number of nitrogens with zero attached hydrogens (tertiary/aromatic N) is 1. The average Bonchev–Trinajstić information content (AvgIpc) is 4.03. The predicted molar refractivity (Wildman–Crippen MR) is 187 cm³/mol. The van der Waals surface area contributed by atoms with Crippen molar-refractivity contribution in [3.63, 3.8) is 0 Å². The van der Waals surface area contributed by atoms with Crippen molar-refractivity contribution in [2.45, 2.75) is 68.9 Å². The van der Waals surface area contributed by atoms with Gasteiger partial charge in [-0.05, 0) is 86.2 Å². The van der Waals surface area contributed by atoms with Gasteiger partial charge < -0.3 is 20.5 Å². The third-order valence-electron chi connectivity index (χ3n) is 9.85. The van der Waals surface area contributed by atoms with Crippen LogP contribution in [0.3, 0.4) is 0 Å². The summed E-state index contributed by atoms with van der Waals surface area (Å²) in [7, 11) is 0. The molecule has 53 heavy (non-hydrogen) atoms. The average molecular weight is 742 g/mol. The van der Waals surface area contributed by atoms with Gasteiger partial charge in [-0.25, -0.2) is 9.37 Å². The van der Waals surface area contributed by atoms with Crippen molar-refractivity contribution < 1.29 is 45.0 Å². The molecule has 2 saturated carbocycles. The number of nitrogens with one attached hydrogen (secondary N) is 1. The molecule has 3 aliphatic rings. The van der Waals surface area contributed by atoms with Crippen molar-refractivity contribution in [3.8, 4) is 22.8 Å². The van der Waals surface area contributed by atoms with Gasteiger partial charge in [0.15, 0.2) is 0 Å². The molecular weight excluding hydrogens is 703 g/mol. The van der Waals surface area contributed by atoms with E-state index in [1.807, 2.05) is 6.92 Å². The van der Waals surface area contributed by atoms with Gasteiger partial charge in [-0.2, -0.15) is 26.3 Å². The van der Waals surface area contributed by atoms with E-state index in [-0.39, 0.29) is 41.6 Å². The maximum absolute atomic E-state index is 14.9. The lowest BCUT2D eigenvalue weighted by Crippen LogP contribution is -2.36. The summed E-state index contributed by atoms with van der Waals surface area (Å²) < 4.78 is 110.